The summed E-state index contributed by atoms with van der Waals surface area (Å²) in [6.45, 7) is 3.52. The molecule has 1 aromatic rings. The van der Waals surface area contributed by atoms with E-state index in [0.717, 1.165) is 31.2 Å². The molecule has 1 heterocycles. The van der Waals surface area contributed by atoms with Crippen LogP contribution in [0, 0.1) is 13.8 Å². The molecule has 0 amide bonds. The summed E-state index contributed by atoms with van der Waals surface area (Å²) < 4.78 is 57.0. The monoisotopic (exact) mass is 429 g/mol. The van der Waals surface area contributed by atoms with Gasteiger partial charge in [-0.2, -0.15) is 0 Å². The Morgan fingerprint density at radius 2 is 1.64 bits per heavy atom. The van der Waals surface area contributed by atoms with Gasteiger partial charge >= 0.3 is 0 Å². The van der Waals surface area contributed by atoms with Crippen LogP contribution in [-0.2, 0) is 19.7 Å². The highest BCUT2D eigenvalue weighted by atomic mass is 32.2. The van der Waals surface area contributed by atoms with E-state index in [2.05, 4.69) is 5.32 Å². The first kappa shape index (κ1) is 21.6. The van der Waals surface area contributed by atoms with Crippen LogP contribution < -0.4 is 10.1 Å². The maximum Gasteiger partial charge on any atom is 0.184 e. The molecule has 0 aromatic heterocycles. The summed E-state index contributed by atoms with van der Waals surface area (Å²) in [4.78, 5) is 0.209. The lowest BCUT2D eigenvalue weighted by molar-refractivity contribution is 0.408. The largest absolute Gasteiger partial charge is 0.496 e. The van der Waals surface area contributed by atoms with E-state index in [4.69, 9.17) is 4.74 Å². The van der Waals surface area contributed by atoms with Gasteiger partial charge < -0.3 is 10.1 Å². The van der Waals surface area contributed by atoms with Gasteiger partial charge in [0.05, 0.1) is 28.8 Å². The van der Waals surface area contributed by atoms with E-state index < -0.39 is 31.0 Å². The number of ether oxygens (including phenoxy) is 1. The fourth-order valence-corrected chi connectivity index (χ4v) is 9.47. The maximum atomic E-state index is 13.5. The second-order valence-corrected chi connectivity index (χ2v) is 12.5. The zero-order valence-electron chi connectivity index (χ0n) is 16.9. The van der Waals surface area contributed by atoms with Gasteiger partial charge in [0.15, 0.2) is 19.7 Å². The Kier molecular flexibility index (Phi) is 6.41. The molecule has 2 atom stereocenters. The molecule has 2 aliphatic rings. The Bertz CT molecular complexity index is 916. The molecule has 1 N–H and O–H groups in total. The van der Waals surface area contributed by atoms with Crippen LogP contribution >= 0.6 is 0 Å². The van der Waals surface area contributed by atoms with Crippen molar-refractivity contribution in [2.45, 2.75) is 74.6 Å². The van der Waals surface area contributed by atoms with Gasteiger partial charge in [-0.25, -0.2) is 16.8 Å². The molecular formula is C20H31NO5S2. The van der Waals surface area contributed by atoms with E-state index in [1.807, 2.05) is 0 Å². The van der Waals surface area contributed by atoms with Gasteiger partial charge in [-0.15, -0.1) is 0 Å². The standard InChI is InChI=1S/C20H31NO5S2/c1-14-11-19(15(2)10-18(14)26-3)28(24,25)20-13-27(22,23)12-17(20)21-16-8-6-4-5-7-9-16/h10-11,16-17,20-21H,4-9,12-13H2,1-3H3/t17-,20-/m0/s1. The summed E-state index contributed by atoms with van der Waals surface area (Å²) in [6, 6.07) is 2.95. The van der Waals surface area contributed by atoms with Crippen molar-refractivity contribution in [1.82, 2.24) is 5.32 Å². The second-order valence-electron chi connectivity index (χ2n) is 8.21. The molecule has 158 valence electrons. The highest BCUT2D eigenvalue weighted by Gasteiger charge is 2.46. The van der Waals surface area contributed by atoms with Gasteiger partial charge in [0.25, 0.3) is 0 Å². The van der Waals surface area contributed by atoms with Crippen LogP contribution in [0.3, 0.4) is 0 Å². The van der Waals surface area contributed by atoms with Crippen molar-refractivity contribution < 1.29 is 21.6 Å². The topological polar surface area (TPSA) is 89.5 Å². The van der Waals surface area contributed by atoms with Crippen molar-refractivity contribution in [3.05, 3.63) is 23.3 Å². The summed E-state index contributed by atoms with van der Waals surface area (Å²) in [5.41, 5.74) is 1.31. The van der Waals surface area contributed by atoms with E-state index >= 15 is 0 Å². The minimum Gasteiger partial charge on any atom is -0.496 e. The molecule has 0 spiro atoms. The SMILES string of the molecule is COc1cc(C)c(S(=O)(=O)[C@H]2CS(=O)(=O)C[C@@H]2NC2CCCCCC2)cc1C. The van der Waals surface area contributed by atoms with Crippen LogP contribution in [0.2, 0.25) is 0 Å². The van der Waals surface area contributed by atoms with Crippen molar-refractivity contribution in [2.24, 2.45) is 0 Å². The molecule has 1 aliphatic carbocycles. The van der Waals surface area contributed by atoms with Crippen LogP contribution in [-0.4, -0.2) is 52.8 Å². The Labute approximate surface area is 168 Å². The van der Waals surface area contributed by atoms with E-state index in [1.54, 1.807) is 33.1 Å². The lowest BCUT2D eigenvalue weighted by Crippen LogP contribution is -2.47. The quantitative estimate of drug-likeness (QED) is 0.724. The fourth-order valence-electron chi connectivity index (χ4n) is 4.48. The van der Waals surface area contributed by atoms with Gasteiger partial charge in [-0.1, -0.05) is 25.7 Å². The summed E-state index contributed by atoms with van der Waals surface area (Å²) in [7, 11) is -5.64. The molecule has 0 radical (unpaired) electrons. The van der Waals surface area contributed by atoms with Crippen molar-refractivity contribution in [1.29, 1.82) is 0 Å². The number of hydrogen-bond acceptors (Lipinski definition) is 6. The smallest absolute Gasteiger partial charge is 0.184 e. The van der Waals surface area contributed by atoms with Gasteiger partial charge in [-0.05, 0) is 49.9 Å². The lowest BCUT2D eigenvalue weighted by Gasteiger charge is -2.26. The average Bonchev–Trinajstić information content (AvgIpc) is 2.78. The first-order valence-corrected chi connectivity index (χ1v) is 13.4. The third-order valence-corrected chi connectivity index (χ3v) is 10.3. The van der Waals surface area contributed by atoms with Gasteiger partial charge in [0, 0.05) is 12.1 Å². The lowest BCUT2D eigenvalue weighted by atomic mass is 10.1. The number of benzene rings is 1. The molecule has 1 aromatic carbocycles. The Balaban J connectivity index is 1.93. The van der Waals surface area contributed by atoms with Crippen LogP contribution in [0.25, 0.3) is 0 Å². The minimum absolute atomic E-state index is 0.110. The van der Waals surface area contributed by atoms with E-state index in [1.165, 1.54) is 12.8 Å². The van der Waals surface area contributed by atoms with Crippen molar-refractivity contribution >= 4 is 19.7 Å². The molecule has 1 aliphatic heterocycles. The molecule has 1 saturated carbocycles. The molecule has 6 nitrogen and oxygen atoms in total. The van der Waals surface area contributed by atoms with E-state index in [0.29, 0.717) is 11.3 Å². The zero-order chi connectivity index (χ0) is 20.5. The van der Waals surface area contributed by atoms with Crippen molar-refractivity contribution in [3.8, 4) is 5.75 Å². The van der Waals surface area contributed by atoms with Gasteiger partial charge in [0.1, 0.15) is 5.75 Å². The predicted molar refractivity (Wildman–Crippen MR) is 111 cm³/mol. The highest BCUT2D eigenvalue weighted by molar-refractivity contribution is 7.96. The highest BCUT2D eigenvalue weighted by Crippen LogP contribution is 2.32. The second kappa shape index (κ2) is 8.32. The fraction of sp³-hybridized carbons (Fsp3) is 0.700. The Hall–Kier alpha value is -1.12. The summed E-state index contributed by atoms with van der Waals surface area (Å²) in [5, 5.41) is 2.46. The number of nitrogens with one attached hydrogen (secondary N) is 1. The molecule has 8 heteroatoms. The summed E-state index contributed by atoms with van der Waals surface area (Å²) in [5.74, 6) is 0.204. The normalized spacial score (nSPS) is 26.1. The Morgan fingerprint density at radius 3 is 2.25 bits per heavy atom. The zero-order valence-corrected chi connectivity index (χ0v) is 18.5. The molecule has 0 bridgehead atoms. The van der Waals surface area contributed by atoms with Gasteiger partial charge in [-0.3, -0.25) is 0 Å². The molecule has 3 rings (SSSR count). The maximum absolute atomic E-state index is 13.5. The van der Waals surface area contributed by atoms with Gasteiger partial charge in [0.2, 0.25) is 0 Å². The van der Waals surface area contributed by atoms with Crippen LogP contribution in [0.5, 0.6) is 5.75 Å². The number of hydrogen-bond donors (Lipinski definition) is 1. The van der Waals surface area contributed by atoms with Crippen molar-refractivity contribution in [3.63, 3.8) is 0 Å². The van der Waals surface area contributed by atoms with Crippen LogP contribution in [0.1, 0.15) is 49.7 Å². The van der Waals surface area contributed by atoms with E-state index in [9.17, 15) is 16.8 Å². The summed E-state index contributed by atoms with van der Waals surface area (Å²) in [6.07, 6.45) is 6.53. The molecule has 0 unspecified atom stereocenters. The number of aryl methyl sites for hydroxylation is 2. The molecule has 28 heavy (non-hydrogen) atoms. The van der Waals surface area contributed by atoms with Crippen LogP contribution in [0.4, 0.5) is 0 Å². The first-order chi connectivity index (χ1) is 13.1. The number of sulfone groups is 2. The molecule has 1 saturated heterocycles. The van der Waals surface area contributed by atoms with E-state index in [-0.39, 0.29) is 22.4 Å². The van der Waals surface area contributed by atoms with Crippen LogP contribution in [0.15, 0.2) is 17.0 Å². The molecular weight excluding hydrogens is 398 g/mol. The molecule has 2 fully saturated rings. The number of rotatable bonds is 5. The van der Waals surface area contributed by atoms with Crippen molar-refractivity contribution in [2.75, 3.05) is 18.6 Å². The minimum atomic E-state index is -3.79. The predicted octanol–water partition coefficient (Wildman–Crippen LogP) is 2.56. The average molecular weight is 430 g/mol. The third kappa shape index (κ3) is 4.54. The third-order valence-electron chi connectivity index (χ3n) is 6.00. The first-order valence-electron chi connectivity index (χ1n) is 9.99. The number of methoxy groups -OCH3 is 1. The summed E-state index contributed by atoms with van der Waals surface area (Å²) >= 11 is 0. The Morgan fingerprint density at radius 1 is 1.00 bits per heavy atom.